The summed E-state index contributed by atoms with van der Waals surface area (Å²) in [6.07, 6.45) is -4.19. The van der Waals surface area contributed by atoms with E-state index in [-0.39, 0.29) is 5.69 Å². The summed E-state index contributed by atoms with van der Waals surface area (Å²) in [7, 11) is 0. The Hall–Kier alpha value is -1.50. The molecule has 0 unspecified atom stereocenters. The van der Waals surface area contributed by atoms with Crippen molar-refractivity contribution in [1.82, 2.24) is 4.98 Å². The molecular formula is C8H5ClF3NO3. The quantitative estimate of drug-likeness (QED) is 0.824. The highest BCUT2D eigenvalue weighted by Crippen LogP contribution is 2.34. The van der Waals surface area contributed by atoms with Crippen LogP contribution in [0.2, 0.25) is 0 Å². The molecule has 1 heterocycles. The van der Waals surface area contributed by atoms with Crippen LogP contribution in [0.15, 0.2) is 6.20 Å². The Labute approximate surface area is 92.6 Å². The van der Waals surface area contributed by atoms with Crippen molar-refractivity contribution in [3.05, 3.63) is 17.5 Å². The van der Waals surface area contributed by atoms with E-state index in [1.807, 2.05) is 0 Å². The lowest BCUT2D eigenvalue weighted by Crippen LogP contribution is -2.19. The van der Waals surface area contributed by atoms with Crippen LogP contribution >= 0.6 is 11.6 Å². The van der Waals surface area contributed by atoms with Crippen LogP contribution in [0, 0.1) is 6.92 Å². The summed E-state index contributed by atoms with van der Waals surface area (Å²) in [5, 5.41) is 7.91. The summed E-state index contributed by atoms with van der Waals surface area (Å²) in [6, 6.07) is 0. The fraction of sp³-hybridized carbons (Fsp3) is 0.250. The third-order valence-electron chi connectivity index (χ3n) is 1.61. The third-order valence-corrected chi connectivity index (χ3v) is 1.80. The van der Waals surface area contributed by atoms with Gasteiger partial charge in [0.1, 0.15) is 11.3 Å². The van der Waals surface area contributed by atoms with Gasteiger partial charge in [0, 0.05) is 0 Å². The fourth-order valence-corrected chi connectivity index (χ4v) is 1.19. The molecule has 8 heteroatoms. The van der Waals surface area contributed by atoms with E-state index < -0.39 is 28.7 Å². The zero-order valence-electron chi connectivity index (χ0n) is 7.80. The summed E-state index contributed by atoms with van der Waals surface area (Å²) in [6.45, 7) is 1.18. The maximum atomic E-state index is 12.0. The summed E-state index contributed by atoms with van der Waals surface area (Å²) < 4.78 is 39.6. The molecular weight excluding hydrogens is 251 g/mol. The van der Waals surface area contributed by atoms with E-state index in [1.54, 1.807) is 0 Å². The Morgan fingerprint density at radius 3 is 2.56 bits per heavy atom. The van der Waals surface area contributed by atoms with Gasteiger partial charge in [-0.2, -0.15) is 0 Å². The van der Waals surface area contributed by atoms with Crippen molar-refractivity contribution in [2.45, 2.75) is 13.3 Å². The van der Waals surface area contributed by atoms with Gasteiger partial charge in [-0.3, -0.25) is 9.78 Å². The van der Waals surface area contributed by atoms with Crippen LogP contribution in [0.4, 0.5) is 13.2 Å². The number of carbonyl (C=O) groups excluding carboxylic acids is 1. The van der Waals surface area contributed by atoms with Crippen molar-refractivity contribution >= 4 is 16.8 Å². The number of hydrogen-bond donors (Lipinski definition) is 1. The minimum atomic E-state index is -5.00. The van der Waals surface area contributed by atoms with Gasteiger partial charge in [-0.15, -0.1) is 13.2 Å². The van der Waals surface area contributed by atoms with Crippen molar-refractivity contribution in [3.8, 4) is 11.5 Å². The van der Waals surface area contributed by atoms with Crippen LogP contribution in [0.3, 0.4) is 0 Å². The Morgan fingerprint density at radius 2 is 2.12 bits per heavy atom. The lowest BCUT2D eigenvalue weighted by Gasteiger charge is -2.13. The molecule has 0 atom stereocenters. The minimum absolute atomic E-state index is 0.209. The summed E-state index contributed by atoms with van der Waals surface area (Å²) in [5.74, 6) is -1.67. The van der Waals surface area contributed by atoms with Crippen molar-refractivity contribution in [1.29, 1.82) is 0 Å². The number of alkyl halides is 3. The highest BCUT2D eigenvalue weighted by atomic mass is 35.5. The van der Waals surface area contributed by atoms with Crippen molar-refractivity contribution < 1.29 is 27.8 Å². The second-order valence-electron chi connectivity index (χ2n) is 2.75. The van der Waals surface area contributed by atoms with Crippen LogP contribution in [0.1, 0.15) is 16.1 Å². The Bertz CT molecular complexity index is 433. The molecule has 16 heavy (non-hydrogen) atoms. The number of pyridine rings is 1. The van der Waals surface area contributed by atoms with E-state index in [9.17, 15) is 18.0 Å². The van der Waals surface area contributed by atoms with Gasteiger partial charge in [-0.1, -0.05) is 0 Å². The normalized spacial score (nSPS) is 11.3. The van der Waals surface area contributed by atoms with Crippen LogP contribution in [-0.2, 0) is 0 Å². The van der Waals surface area contributed by atoms with E-state index in [0.29, 0.717) is 0 Å². The second kappa shape index (κ2) is 4.17. The fourth-order valence-electron chi connectivity index (χ4n) is 1.01. The SMILES string of the molecule is Cc1ncc(O)c(C(=O)Cl)c1OC(F)(F)F. The first-order valence-corrected chi connectivity index (χ1v) is 4.24. The lowest BCUT2D eigenvalue weighted by molar-refractivity contribution is -0.275. The number of carbonyl (C=O) groups is 1. The third kappa shape index (κ3) is 2.75. The van der Waals surface area contributed by atoms with Gasteiger partial charge in [0.15, 0.2) is 5.75 Å². The number of aromatic hydroxyl groups is 1. The smallest absolute Gasteiger partial charge is 0.505 e. The van der Waals surface area contributed by atoms with Gasteiger partial charge in [0.25, 0.3) is 5.24 Å². The molecule has 1 aromatic heterocycles. The second-order valence-corrected chi connectivity index (χ2v) is 3.10. The monoisotopic (exact) mass is 255 g/mol. The summed E-state index contributed by atoms with van der Waals surface area (Å²) in [4.78, 5) is 14.3. The molecule has 4 nitrogen and oxygen atoms in total. The highest BCUT2D eigenvalue weighted by molar-refractivity contribution is 6.68. The molecule has 0 bridgehead atoms. The molecule has 1 rings (SSSR count). The van der Waals surface area contributed by atoms with Crippen molar-refractivity contribution in [2.75, 3.05) is 0 Å². The molecule has 0 fully saturated rings. The Morgan fingerprint density at radius 1 is 1.56 bits per heavy atom. The largest absolute Gasteiger partial charge is 0.573 e. The molecule has 1 N–H and O–H groups in total. The minimum Gasteiger partial charge on any atom is -0.505 e. The highest BCUT2D eigenvalue weighted by Gasteiger charge is 2.35. The molecule has 0 saturated heterocycles. The number of hydrogen-bond acceptors (Lipinski definition) is 4. The van der Waals surface area contributed by atoms with Gasteiger partial charge < -0.3 is 9.84 Å². The van der Waals surface area contributed by atoms with E-state index in [0.717, 1.165) is 6.20 Å². The summed E-state index contributed by atoms with van der Waals surface area (Å²) in [5.41, 5.74) is -0.967. The predicted molar refractivity (Wildman–Crippen MR) is 47.5 cm³/mol. The lowest BCUT2D eigenvalue weighted by atomic mass is 10.2. The van der Waals surface area contributed by atoms with E-state index in [4.69, 9.17) is 16.7 Å². The van der Waals surface area contributed by atoms with E-state index >= 15 is 0 Å². The predicted octanol–water partition coefficient (Wildman–Crippen LogP) is 2.37. The van der Waals surface area contributed by atoms with Crippen LogP contribution in [0.25, 0.3) is 0 Å². The number of aryl methyl sites for hydroxylation is 1. The zero-order valence-corrected chi connectivity index (χ0v) is 8.56. The molecule has 0 radical (unpaired) electrons. The van der Waals surface area contributed by atoms with Crippen LogP contribution < -0.4 is 4.74 Å². The number of aromatic nitrogens is 1. The van der Waals surface area contributed by atoms with Gasteiger partial charge in [-0.05, 0) is 18.5 Å². The van der Waals surface area contributed by atoms with Crippen molar-refractivity contribution in [3.63, 3.8) is 0 Å². The molecule has 0 aliphatic rings. The molecule has 1 aromatic rings. The summed E-state index contributed by atoms with van der Waals surface area (Å²) >= 11 is 5.04. The van der Waals surface area contributed by atoms with Crippen LogP contribution in [0.5, 0.6) is 11.5 Å². The first-order chi connectivity index (χ1) is 7.22. The van der Waals surface area contributed by atoms with E-state index in [1.165, 1.54) is 6.92 Å². The van der Waals surface area contributed by atoms with Crippen molar-refractivity contribution in [2.24, 2.45) is 0 Å². The Balaban J connectivity index is 3.35. The molecule has 0 spiro atoms. The number of halogens is 4. The van der Waals surface area contributed by atoms with Gasteiger partial charge in [-0.25, -0.2) is 0 Å². The number of nitrogens with zero attached hydrogens (tertiary/aromatic N) is 1. The van der Waals surface area contributed by atoms with Gasteiger partial charge >= 0.3 is 6.36 Å². The number of rotatable bonds is 2. The topological polar surface area (TPSA) is 59.4 Å². The average molecular weight is 256 g/mol. The molecule has 0 saturated carbocycles. The first-order valence-electron chi connectivity index (χ1n) is 3.86. The Kier molecular flexibility index (Phi) is 3.27. The first kappa shape index (κ1) is 12.6. The van der Waals surface area contributed by atoms with Gasteiger partial charge in [0.2, 0.25) is 0 Å². The average Bonchev–Trinajstić information content (AvgIpc) is 2.08. The van der Waals surface area contributed by atoms with Gasteiger partial charge in [0.05, 0.1) is 11.9 Å². The molecule has 88 valence electrons. The number of ether oxygens (including phenoxy) is 1. The standard InChI is InChI=1S/C8H5ClF3NO3/c1-3-6(16-8(10,11)12)5(7(9)15)4(14)2-13-3/h2,14H,1H3. The molecule has 0 aliphatic heterocycles. The van der Waals surface area contributed by atoms with E-state index in [2.05, 4.69) is 9.72 Å². The maximum Gasteiger partial charge on any atom is 0.573 e. The molecule has 0 amide bonds. The molecule has 0 aliphatic carbocycles. The van der Waals surface area contributed by atoms with Crippen LogP contribution in [-0.4, -0.2) is 21.7 Å². The molecule has 0 aromatic carbocycles. The maximum absolute atomic E-state index is 12.0. The zero-order chi connectivity index (χ0) is 12.5.